The van der Waals surface area contributed by atoms with Gasteiger partial charge in [0, 0.05) is 5.56 Å². The molecule has 0 aliphatic heterocycles. The van der Waals surface area contributed by atoms with Gasteiger partial charge < -0.3 is 5.73 Å². The molecule has 0 radical (unpaired) electrons. The van der Waals surface area contributed by atoms with Crippen LogP contribution >= 0.6 is 11.6 Å². The van der Waals surface area contributed by atoms with Crippen LogP contribution in [0, 0.1) is 0 Å². The summed E-state index contributed by atoms with van der Waals surface area (Å²) in [5.74, 6) is -0.682. The predicted molar refractivity (Wildman–Crippen MR) is 65.3 cm³/mol. The molecule has 0 heterocycles. The van der Waals surface area contributed by atoms with E-state index in [2.05, 4.69) is 0 Å². The van der Waals surface area contributed by atoms with E-state index in [0.29, 0.717) is 18.5 Å². The molecule has 0 atom stereocenters. The van der Waals surface area contributed by atoms with Crippen LogP contribution in [-0.4, -0.2) is 19.6 Å². The highest BCUT2D eigenvalue weighted by Crippen LogP contribution is 2.27. The fraction of sp³-hybridized carbons (Fsp3) is 0.300. The lowest BCUT2D eigenvalue weighted by atomic mass is 10.2. The second-order valence-electron chi connectivity index (χ2n) is 3.91. The number of anilines is 1. The van der Waals surface area contributed by atoms with Crippen molar-refractivity contribution in [2.75, 3.05) is 5.73 Å². The van der Waals surface area contributed by atoms with Gasteiger partial charge in [-0.05, 0) is 31.0 Å². The molecule has 1 saturated carbocycles. The molecule has 0 aromatic heterocycles. The Morgan fingerprint density at radius 1 is 1.41 bits per heavy atom. The van der Waals surface area contributed by atoms with E-state index < -0.39 is 21.2 Å². The van der Waals surface area contributed by atoms with Crippen molar-refractivity contribution in [2.45, 2.75) is 18.1 Å². The van der Waals surface area contributed by atoms with Gasteiger partial charge in [0.15, 0.2) is 0 Å². The second kappa shape index (κ2) is 4.19. The second-order valence-corrected chi connectivity index (χ2v) is 6.28. The number of hydrogen-bond acceptors (Lipinski definition) is 4. The number of sulfonamides is 1. The number of nitrogens with two attached hydrogens (primary N) is 1. The minimum absolute atomic E-state index is 0.174. The molecular formula is C10H11ClN2O3S. The van der Waals surface area contributed by atoms with Gasteiger partial charge in [0.25, 0.3) is 5.91 Å². The van der Waals surface area contributed by atoms with Gasteiger partial charge in [0.05, 0.1) is 16.0 Å². The molecule has 0 unspecified atom stereocenters. The number of nitrogen functional groups attached to an aromatic ring is 1. The number of halogens is 1. The number of carbonyl (C=O) groups is 1. The summed E-state index contributed by atoms with van der Waals surface area (Å²) in [6.45, 7) is 0. The molecule has 0 saturated heterocycles. The van der Waals surface area contributed by atoms with Gasteiger partial charge in [0.1, 0.15) is 0 Å². The fourth-order valence-electron chi connectivity index (χ4n) is 1.32. The molecule has 7 heteroatoms. The van der Waals surface area contributed by atoms with Crippen molar-refractivity contribution in [1.82, 2.24) is 4.72 Å². The van der Waals surface area contributed by atoms with Gasteiger partial charge in [0.2, 0.25) is 10.0 Å². The number of nitrogens with one attached hydrogen (secondary N) is 1. The maximum absolute atomic E-state index is 11.7. The Morgan fingerprint density at radius 2 is 2.06 bits per heavy atom. The van der Waals surface area contributed by atoms with Crippen molar-refractivity contribution in [3.8, 4) is 0 Å². The summed E-state index contributed by atoms with van der Waals surface area (Å²) < 4.78 is 25.1. The summed E-state index contributed by atoms with van der Waals surface area (Å²) in [6, 6.07) is 4.23. The lowest BCUT2D eigenvalue weighted by Crippen LogP contribution is -2.33. The fourth-order valence-corrected chi connectivity index (χ4v) is 2.80. The molecule has 0 bridgehead atoms. The van der Waals surface area contributed by atoms with Crippen LogP contribution in [0.4, 0.5) is 5.69 Å². The Morgan fingerprint density at radius 3 is 2.59 bits per heavy atom. The zero-order chi connectivity index (χ0) is 12.6. The van der Waals surface area contributed by atoms with E-state index >= 15 is 0 Å². The number of hydrogen-bond donors (Lipinski definition) is 2. The normalized spacial score (nSPS) is 15.6. The van der Waals surface area contributed by atoms with Crippen LogP contribution < -0.4 is 10.5 Å². The van der Waals surface area contributed by atoms with Crippen LogP contribution in [0.5, 0.6) is 0 Å². The Bertz CT molecular complexity index is 567. The van der Waals surface area contributed by atoms with Crippen LogP contribution in [0.1, 0.15) is 23.2 Å². The third-order valence-corrected chi connectivity index (χ3v) is 4.61. The molecule has 17 heavy (non-hydrogen) atoms. The molecule has 0 spiro atoms. The largest absolute Gasteiger partial charge is 0.398 e. The van der Waals surface area contributed by atoms with E-state index in [4.69, 9.17) is 17.3 Å². The summed E-state index contributed by atoms with van der Waals surface area (Å²) in [4.78, 5) is 11.7. The van der Waals surface area contributed by atoms with Gasteiger partial charge in [-0.3, -0.25) is 4.79 Å². The Hall–Kier alpha value is -1.27. The lowest BCUT2D eigenvalue weighted by Gasteiger charge is -2.06. The van der Waals surface area contributed by atoms with Gasteiger partial charge >= 0.3 is 0 Å². The molecule has 1 fully saturated rings. The van der Waals surface area contributed by atoms with E-state index in [0.717, 1.165) is 0 Å². The number of amides is 1. The topological polar surface area (TPSA) is 89.3 Å². The molecule has 1 amide bonds. The first-order chi connectivity index (χ1) is 7.90. The van der Waals surface area contributed by atoms with Crippen molar-refractivity contribution in [1.29, 1.82) is 0 Å². The highest BCUT2D eigenvalue weighted by atomic mass is 35.5. The maximum atomic E-state index is 11.7. The smallest absolute Gasteiger partial charge is 0.264 e. The summed E-state index contributed by atoms with van der Waals surface area (Å²) in [5, 5.41) is -0.211. The minimum atomic E-state index is -3.53. The van der Waals surface area contributed by atoms with Crippen LogP contribution in [0.2, 0.25) is 5.02 Å². The van der Waals surface area contributed by atoms with Gasteiger partial charge in [-0.1, -0.05) is 11.6 Å². The highest BCUT2D eigenvalue weighted by molar-refractivity contribution is 7.91. The van der Waals surface area contributed by atoms with Crippen molar-refractivity contribution in [3.05, 3.63) is 28.8 Å². The maximum Gasteiger partial charge on any atom is 0.264 e. The quantitative estimate of drug-likeness (QED) is 0.809. The Balaban J connectivity index is 2.17. The van der Waals surface area contributed by atoms with Crippen molar-refractivity contribution < 1.29 is 13.2 Å². The van der Waals surface area contributed by atoms with Gasteiger partial charge in [-0.2, -0.15) is 0 Å². The molecule has 1 aliphatic carbocycles. The van der Waals surface area contributed by atoms with E-state index in [1.54, 1.807) is 0 Å². The molecule has 2 rings (SSSR count). The Kier molecular flexibility index (Phi) is 3.01. The van der Waals surface area contributed by atoms with Crippen molar-refractivity contribution >= 4 is 33.2 Å². The molecule has 1 aromatic carbocycles. The predicted octanol–water partition coefficient (Wildman–Crippen LogP) is 1.14. The van der Waals surface area contributed by atoms with Gasteiger partial charge in [-0.25, -0.2) is 13.1 Å². The van der Waals surface area contributed by atoms with E-state index in [1.165, 1.54) is 18.2 Å². The molecule has 3 N–H and O–H groups in total. The summed E-state index contributed by atoms with van der Waals surface area (Å²) >= 11 is 5.75. The monoisotopic (exact) mass is 274 g/mol. The van der Waals surface area contributed by atoms with Crippen LogP contribution in [0.15, 0.2) is 18.2 Å². The highest BCUT2D eigenvalue weighted by Gasteiger charge is 2.36. The average molecular weight is 275 g/mol. The molecule has 1 aliphatic rings. The van der Waals surface area contributed by atoms with E-state index in [-0.39, 0.29) is 10.6 Å². The summed E-state index contributed by atoms with van der Waals surface area (Å²) in [6.07, 6.45) is 1.20. The third kappa shape index (κ3) is 2.70. The third-order valence-electron chi connectivity index (χ3n) is 2.46. The van der Waals surface area contributed by atoms with Crippen molar-refractivity contribution in [3.63, 3.8) is 0 Å². The minimum Gasteiger partial charge on any atom is -0.398 e. The standard InChI is InChI=1S/C10H11ClN2O3S/c11-8-5-6(1-4-9(8)12)10(14)13-17(15,16)7-2-3-7/h1,4-5,7H,2-3,12H2,(H,13,14). The average Bonchev–Trinajstić information content (AvgIpc) is 3.04. The molecule has 1 aromatic rings. The van der Waals surface area contributed by atoms with Gasteiger partial charge in [-0.15, -0.1) is 0 Å². The Labute approximate surface area is 104 Å². The van der Waals surface area contributed by atoms with E-state index in [9.17, 15) is 13.2 Å². The number of benzene rings is 1. The molecular weight excluding hydrogens is 264 g/mol. The van der Waals surface area contributed by atoms with Crippen LogP contribution in [0.3, 0.4) is 0 Å². The van der Waals surface area contributed by atoms with Crippen molar-refractivity contribution in [2.24, 2.45) is 0 Å². The lowest BCUT2D eigenvalue weighted by molar-refractivity contribution is 0.0981. The zero-order valence-electron chi connectivity index (χ0n) is 8.81. The number of carbonyl (C=O) groups excluding carboxylic acids is 1. The van der Waals surface area contributed by atoms with E-state index in [1.807, 2.05) is 4.72 Å². The molecule has 92 valence electrons. The summed E-state index contributed by atoms with van der Waals surface area (Å²) in [5.41, 5.74) is 6.01. The number of rotatable bonds is 3. The molecule has 5 nitrogen and oxygen atoms in total. The first kappa shape index (κ1) is 12.2. The van der Waals surface area contributed by atoms with Crippen LogP contribution in [0.25, 0.3) is 0 Å². The first-order valence-electron chi connectivity index (χ1n) is 5.01. The summed E-state index contributed by atoms with van der Waals surface area (Å²) in [7, 11) is -3.53. The van der Waals surface area contributed by atoms with Crippen LogP contribution in [-0.2, 0) is 10.0 Å². The SMILES string of the molecule is Nc1ccc(C(=O)NS(=O)(=O)C2CC2)cc1Cl. The zero-order valence-corrected chi connectivity index (χ0v) is 10.4. The first-order valence-corrected chi connectivity index (χ1v) is 6.93.